The van der Waals surface area contributed by atoms with Gasteiger partial charge < -0.3 is 15.6 Å². The molecule has 4 aromatic carbocycles. The van der Waals surface area contributed by atoms with Gasteiger partial charge in [-0.05, 0) is 35.7 Å². The molecule has 0 saturated heterocycles. The van der Waals surface area contributed by atoms with Gasteiger partial charge in [-0.3, -0.25) is 0 Å². The summed E-state index contributed by atoms with van der Waals surface area (Å²) in [5.41, 5.74) is 3.36. The first-order valence-corrected chi connectivity index (χ1v) is 14.6. The van der Waals surface area contributed by atoms with E-state index >= 15 is 13.2 Å². The molecule has 0 radical (unpaired) electrons. The Morgan fingerprint density at radius 1 is 0.854 bits per heavy atom. The van der Waals surface area contributed by atoms with Crippen LogP contribution in [0.5, 0.6) is 5.75 Å². The van der Waals surface area contributed by atoms with Gasteiger partial charge in [-0.15, -0.1) is 0 Å². The summed E-state index contributed by atoms with van der Waals surface area (Å²) in [7, 11) is -4.68. The molecule has 2 atom stereocenters. The number of hydrogen-bond acceptors (Lipinski definition) is 5. The van der Waals surface area contributed by atoms with Crippen molar-refractivity contribution in [2.45, 2.75) is 37.8 Å². The summed E-state index contributed by atoms with van der Waals surface area (Å²) in [6, 6.07) is 26.1. The van der Waals surface area contributed by atoms with Crippen LogP contribution >= 0.6 is 0 Å². The van der Waals surface area contributed by atoms with E-state index in [0.29, 0.717) is 9.87 Å². The van der Waals surface area contributed by atoms with Gasteiger partial charge in [0.25, 0.3) is 0 Å². The van der Waals surface area contributed by atoms with Crippen LogP contribution in [0.3, 0.4) is 0 Å². The minimum atomic E-state index is -5.11. The summed E-state index contributed by atoms with van der Waals surface area (Å²) in [4.78, 5) is 0. The molecule has 2 unspecified atom stereocenters. The molecule has 0 aromatic heterocycles. The third kappa shape index (κ3) is 6.18. The van der Waals surface area contributed by atoms with Crippen LogP contribution in [0.4, 0.5) is 24.5 Å². The first-order chi connectivity index (χ1) is 19.4. The Hall–Kier alpha value is -4.02. The number of nitrogens with two attached hydrogens (primary N) is 1. The Labute approximate surface area is 237 Å². The summed E-state index contributed by atoms with van der Waals surface area (Å²) < 4.78 is 80.9. The highest BCUT2D eigenvalue weighted by Gasteiger charge is 2.63. The van der Waals surface area contributed by atoms with Crippen LogP contribution in [0.2, 0.25) is 0 Å². The number of aliphatic hydroxyl groups is 1. The molecule has 0 aliphatic heterocycles. The molecule has 0 heterocycles. The lowest BCUT2D eigenvalue weighted by molar-refractivity contribution is -0.187. The van der Waals surface area contributed by atoms with Crippen LogP contribution in [0.25, 0.3) is 0 Å². The van der Waals surface area contributed by atoms with E-state index in [1.165, 1.54) is 55.5 Å². The minimum absolute atomic E-state index is 0.0177. The van der Waals surface area contributed by atoms with Gasteiger partial charge in [0, 0.05) is 17.7 Å². The summed E-state index contributed by atoms with van der Waals surface area (Å²) in [5, 5.41) is 10.7. The Balaban J connectivity index is 2.08. The van der Waals surface area contributed by atoms with E-state index in [0.717, 1.165) is 6.26 Å². The molecule has 0 aliphatic carbocycles. The number of anilines is 2. The zero-order chi connectivity index (χ0) is 29.8. The lowest BCUT2D eigenvalue weighted by Crippen LogP contribution is -2.60. The molecular weight excluding hydrogens is 553 g/mol. The van der Waals surface area contributed by atoms with Crippen molar-refractivity contribution < 1.29 is 31.4 Å². The van der Waals surface area contributed by atoms with Crippen molar-refractivity contribution in [2.24, 2.45) is 0 Å². The van der Waals surface area contributed by atoms with Crippen molar-refractivity contribution in [1.82, 2.24) is 0 Å². The molecule has 216 valence electrons. The quantitative estimate of drug-likeness (QED) is 0.212. The minimum Gasteiger partial charge on any atom is -0.486 e. The largest absolute Gasteiger partial charge is 0.486 e. The second kappa shape index (κ2) is 11.8. The number of aliphatic hydroxyl groups excluding tert-OH is 1. The number of nitrogens with zero attached hydrogens (tertiary/aromatic N) is 1. The Kier molecular flexibility index (Phi) is 8.65. The first kappa shape index (κ1) is 30.0. The maximum Gasteiger partial charge on any atom is 0.417 e. The number of nitrogen functional groups attached to an aromatic ring is 1. The van der Waals surface area contributed by atoms with Crippen LogP contribution in [0, 0.1) is 0 Å². The maximum absolute atomic E-state index is 15.7. The summed E-state index contributed by atoms with van der Waals surface area (Å²) in [5.74, 6) is -0.258. The Bertz CT molecular complexity index is 1570. The van der Waals surface area contributed by atoms with Crippen LogP contribution in [-0.2, 0) is 28.6 Å². The van der Waals surface area contributed by atoms with Crippen molar-refractivity contribution >= 4 is 21.4 Å². The molecule has 0 fully saturated rings. The van der Waals surface area contributed by atoms with Crippen LogP contribution in [0.15, 0.2) is 103 Å². The second-order valence-electron chi connectivity index (χ2n) is 9.78. The van der Waals surface area contributed by atoms with Crippen molar-refractivity contribution in [3.63, 3.8) is 0 Å². The average molecular weight is 585 g/mol. The van der Waals surface area contributed by atoms with Gasteiger partial charge in [-0.25, -0.2) is 12.7 Å². The predicted octanol–water partition coefficient (Wildman–Crippen LogP) is 6.37. The van der Waals surface area contributed by atoms with Gasteiger partial charge in [0.05, 0.1) is 18.0 Å². The zero-order valence-corrected chi connectivity index (χ0v) is 23.4. The topological polar surface area (TPSA) is 92.9 Å². The van der Waals surface area contributed by atoms with E-state index in [2.05, 4.69) is 0 Å². The second-order valence-corrected chi connectivity index (χ2v) is 11.6. The molecule has 0 saturated carbocycles. The number of benzene rings is 4. The Morgan fingerprint density at radius 3 is 1.85 bits per heavy atom. The molecular formula is C31H31F3N2O4S. The van der Waals surface area contributed by atoms with Crippen LogP contribution < -0.4 is 14.8 Å². The number of alkyl halides is 3. The predicted molar refractivity (Wildman–Crippen MR) is 154 cm³/mol. The molecule has 0 aliphatic rings. The van der Waals surface area contributed by atoms with Crippen LogP contribution in [0.1, 0.15) is 35.3 Å². The highest BCUT2D eigenvalue weighted by atomic mass is 32.2. The van der Waals surface area contributed by atoms with Gasteiger partial charge in [0.2, 0.25) is 10.0 Å². The molecule has 41 heavy (non-hydrogen) atoms. The molecule has 6 nitrogen and oxygen atoms in total. The molecule has 10 heteroatoms. The molecule has 4 rings (SSSR count). The highest BCUT2D eigenvalue weighted by Crippen LogP contribution is 2.53. The lowest BCUT2D eigenvalue weighted by atomic mass is 9.82. The van der Waals surface area contributed by atoms with Gasteiger partial charge >= 0.3 is 6.18 Å². The standard InChI is InChI=1S/C31H31F3N2O4S/c1-22(37)28-26(35)18-19-27(29(28)40-21-24-14-8-4-9-15-24)36(41(2,38)39)30(31(32,33)34,25-16-10-5-11-17-25)20-23-12-6-3-7-13-23/h3-19,22,37H,20-21,35H2,1-2H3. The van der Waals surface area contributed by atoms with E-state index in [1.807, 2.05) is 0 Å². The highest BCUT2D eigenvalue weighted by molar-refractivity contribution is 7.92. The molecule has 0 amide bonds. The molecule has 0 spiro atoms. The molecule has 0 bridgehead atoms. The van der Waals surface area contributed by atoms with E-state index in [1.54, 1.807) is 54.6 Å². The van der Waals surface area contributed by atoms with E-state index < -0.39 is 40.0 Å². The van der Waals surface area contributed by atoms with Crippen molar-refractivity contribution in [3.05, 3.63) is 125 Å². The van der Waals surface area contributed by atoms with Crippen molar-refractivity contribution in [3.8, 4) is 5.75 Å². The first-order valence-electron chi connectivity index (χ1n) is 12.8. The summed E-state index contributed by atoms with van der Waals surface area (Å²) in [6.07, 6.45) is -6.41. The smallest absolute Gasteiger partial charge is 0.417 e. The monoisotopic (exact) mass is 584 g/mol. The third-order valence-electron chi connectivity index (χ3n) is 6.77. The SMILES string of the molecule is CC(O)c1c(N)ccc(N(C(Cc2ccccc2)(c2ccccc2)C(F)(F)F)S(C)(=O)=O)c1OCc1ccccc1. The van der Waals surface area contributed by atoms with Crippen molar-refractivity contribution in [2.75, 3.05) is 16.3 Å². The zero-order valence-electron chi connectivity index (χ0n) is 22.5. The van der Waals surface area contributed by atoms with Crippen LogP contribution in [-0.4, -0.2) is 26.0 Å². The van der Waals surface area contributed by atoms with Gasteiger partial charge in [0.15, 0.2) is 11.3 Å². The number of rotatable bonds is 10. The number of sulfonamides is 1. The fraction of sp³-hybridized carbons (Fsp3) is 0.226. The number of ether oxygens (including phenoxy) is 1. The third-order valence-corrected chi connectivity index (χ3v) is 7.94. The fourth-order valence-corrected chi connectivity index (χ4v) is 6.36. The summed E-state index contributed by atoms with van der Waals surface area (Å²) >= 11 is 0. The average Bonchev–Trinajstić information content (AvgIpc) is 2.92. The van der Waals surface area contributed by atoms with E-state index in [-0.39, 0.29) is 34.7 Å². The maximum atomic E-state index is 15.7. The molecule has 4 aromatic rings. The van der Waals surface area contributed by atoms with E-state index in [9.17, 15) is 13.5 Å². The fourth-order valence-electron chi connectivity index (χ4n) is 5.02. The normalized spacial score (nSPS) is 14.2. The lowest BCUT2D eigenvalue weighted by Gasteiger charge is -2.45. The van der Waals surface area contributed by atoms with Crippen molar-refractivity contribution in [1.29, 1.82) is 0 Å². The van der Waals surface area contributed by atoms with Gasteiger partial charge in [-0.1, -0.05) is 91.0 Å². The van der Waals surface area contributed by atoms with Gasteiger partial charge in [-0.2, -0.15) is 13.2 Å². The number of halogens is 3. The Morgan fingerprint density at radius 2 is 1.37 bits per heavy atom. The van der Waals surface area contributed by atoms with E-state index in [4.69, 9.17) is 10.5 Å². The summed E-state index contributed by atoms with van der Waals surface area (Å²) in [6.45, 7) is 1.27. The number of hydrogen-bond donors (Lipinski definition) is 2. The molecule has 3 N–H and O–H groups in total. The van der Waals surface area contributed by atoms with Gasteiger partial charge in [0.1, 0.15) is 6.61 Å².